The lowest BCUT2D eigenvalue weighted by Gasteiger charge is -2.14. The quantitative estimate of drug-likeness (QED) is 0.637. The summed E-state index contributed by atoms with van der Waals surface area (Å²) in [6.45, 7) is 12.2. The van der Waals surface area contributed by atoms with Crippen LogP contribution in [0.1, 0.15) is 55.4 Å². The van der Waals surface area contributed by atoms with Crippen molar-refractivity contribution < 1.29 is 14.3 Å². The van der Waals surface area contributed by atoms with E-state index in [0.717, 1.165) is 11.4 Å². The molecule has 2 rings (SSSR count). The zero-order valence-corrected chi connectivity index (χ0v) is 18.8. The van der Waals surface area contributed by atoms with E-state index in [0.29, 0.717) is 35.2 Å². The molecule has 1 heterocycles. The van der Waals surface area contributed by atoms with E-state index in [4.69, 9.17) is 9.47 Å². The van der Waals surface area contributed by atoms with Crippen LogP contribution in [0, 0.1) is 17.2 Å². The molecule has 0 saturated heterocycles. The Morgan fingerprint density at radius 3 is 2.62 bits per heavy atom. The number of carbonyl (C=O) groups excluding carboxylic acids is 1. The van der Waals surface area contributed by atoms with Crippen LogP contribution in [-0.2, 0) is 16.7 Å². The fourth-order valence-electron chi connectivity index (χ4n) is 2.61. The number of benzene rings is 1. The first-order valence-corrected chi connectivity index (χ1v) is 10.4. The molecule has 0 N–H and O–H groups in total. The lowest BCUT2D eigenvalue weighted by molar-refractivity contribution is 0.0989. The summed E-state index contributed by atoms with van der Waals surface area (Å²) < 4.78 is 12.7. The summed E-state index contributed by atoms with van der Waals surface area (Å²) in [7, 11) is 1.58. The summed E-state index contributed by atoms with van der Waals surface area (Å²) in [6, 6.07) is 6.85. The average Bonchev–Trinajstić information content (AvgIpc) is 3.04. The topological polar surface area (TPSA) is 76.6 Å². The van der Waals surface area contributed by atoms with Crippen LogP contribution >= 0.6 is 11.3 Å². The van der Waals surface area contributed by atoms with Crippen molar-refractivity contribution in [3.05, 3.63) is 45.2 Å². The van der Waals surface area contributed by atoms with Crippen LogP contribution in [0.25, 0.3) is 0 Å². The number of thiazole rings is 1. The van der Waals surface area contributed by atoms with Gasteiger partial charge in [-0.15, -0.1) is 11.3 Å². The molecule has 0 fully saturated rings. The summed E-state index contributed by atoms with van der Waals surface area (Å²) in [5.74, 6) is 0.397. The van der Waals surface area contributed by atoms with Crippen molar-refractivity contribution in [1.29, 1.82) is 5.26 Å². The molecule has 7 heteroatoms. The molecule has 0 saturated carbocycles. The van der Waals surface area contributed by atoms with Crippen molar-refractivity contribution in [2.45, 2.75) is 46.6 Å². The molecule has 0 radical (unpaired) electrons. The Labute approximate surface area is 176 Å². The Balaban J connectivity index is 2.50. The zero-order valence-electron chi connectivity index (χ0n) is 18.0. The Hall–Kier alpha value is -2.43. The van der Waals surface area contributed by atoms with Gasteiger partial charge < -0.3 is 14.0 Å². The third kappa shape index (κ3) is 6.28. The first-order valence-electron chi connectivity index (χ1n) is 9.61. The predicted molar refractivity (Wildman–Crippen MR) is 114 cm³/mol. The van der Waals surface area contributed by atoms with E-state index >= 15 is 0 Å². The van der Waals surface area contributed by atoms with E-state index in [1.54, 1.807) is 19.2 Å². The van der Waals surface area contributed by atoms with Gasteiger partial charge in [0.25, 0.3) is 5.91 Å². The SMILES string of the molecule is COCCOc1ccc(C#N)cc1C(=O)/N=c1\sc(C(C)(C)C)cn1CC(C)C. The highest BCUT2D eigenvalue weighted by atomic mass is 32.1. The number of carbonyl (C=O) groups is 1. The van der Waals surface area contributed by atoms with Gasteiger partial charge in [0.15, 0.2) is 4.80 Å². The Morgan fingerprint density at radius 2 is 2.03 bits per heavy atom. The summed E-state index contributed by atoms with van der Waals surface area (Å²) in [5, 5.41) is 9.22. The molecule has 6 nitrogen and oxygen atoms in total. The Bertz CT molecular complexity index is 959. The summed E-state index contributed by atoms with van der Waals surface area (Å²) in [6.07, 6.45) is 2.08. The van der Waals surface area contributed by atoms with E-state index in [1.807, 2.05) is 4.57 Å². The summed E-state index contributed by atoms with van der Waals surface area (Å²) >= 11 is 1.52. The molecule has 156 valence electrons. The third-order valence-corrected chi connectivity index (χ3v) is 5.55. The molecule has 1 aromatic carbocycles. The maximum absolute atomic E-state index is 13.0. The van der Waals surface area contributed by atoms with Gasteiger partial charge in [-0.05, 0) is 29.5 Å². The van der Waals surface area contributed by atoms with Gasteiger partial charge in [0, 0.05) is 24.7 Å². The van der Waals surface area contributed by atoms with Gasteiger partial charge in [-0.2, -0.15) is 10.3 Å². The summed E-state index contributed by atoms with van der Waals surface area (Å²) in [5.41, 5.74) is 0.635. The molecule has 0 spiro atoms. The van der Waals surface area contributed by atoms with Gasteiger partial charge >= 0.3 is 0 Å². The van der Waals surface area contributed by atoms with Gasteiger partial charge in [0.05, 0.1) is 23.8 Å². The molecule has 0 unspecified atom stereocenters. The zero-order chi connectivity index (χ0) is 21.6. The Kier molecular flexibility index (Phi) is 7.77. The molecule has 0 aliphatic heterocycles. The number of nitriles is 1. The number of hydrogen-bond donors (Lipinski definition) is 0. The molecular weight excluding hydrogens is 386 g/mol. The monoisotopic (exact) mass is 415 g/mol. The van der Waals surface area contributed by atoms with E-state index < -0.39 is 5.91 Å². The van der Waals surface area contributed by atoms with E-state index in [2.05, 4.69) is 51.9 Å². The lowest BCUT2D eigenvalue weighted by Crippen LogP contribution is -2.19. The number of rotatable bonds is 7. The van der Waals surface area contributed by atoms with E-state index in [1.165, 1.54) is 17.4 Å². The van der Waals surface area contributed by atoms with Crippen molar-refractivity contribution in [3.63, 3.8) is 0 Å². The fourth-order valence-corrected chi connectivity index (χ4v) is 3.67. The molecule has 0 atom stereocenters. The predicted octanol–water partition coefficient (Wildman–Crippen LogP) is 4.14. The van der Waals surface area contributed by atoms with Crippen LogP contribution in [0.15, 0.2) is 29.4 Å². The number of nitrogens with zero attached hydrogens (tertiary/aromatic N) is 3. The van der Waals surface area contributed by atoms with Crippen LogP contribution in [0.5, 0.6) is 5.75 Å². The van der Waals surface area contributed by atoms with Crippen LogP contribution < -0.4 is 9.54 Å². The highest BCUT2D eigenvalue weighted by Gasteiger charge is 2.19. The average molecular weight is 416 g/mol. The van der Waals surface area contributed by atoms with Crippen molar-refractivity contribution >= 4 is 17.2 Å². The number of ether oxygens (including phenoxy) is 2. The molecule has 1 aromatic heterocycles. The second-order valence-corrected chi connectivity index (χ2v) is 9.26. The van der Waals surface area contributed by atoms with Gasteiger partial charge in [0.1, 0.15) is 12.4 Å². The Morgan fingerprint density at radius 1 is 1.31 bits per heavy atom. The highest BCUT2D eigenvalue weighted by Crippen LogP contribution is 2.25. The van der Waals surface area contributed by atoms with Gasteiger partial charge in [-0.1, -0.05) is 34.6 Å². The summed E-state index contributed by atoms with van der Waals surface area (Å²) in [4.78, 5) is 19.3. The minimum absolute atomic E-state index is 0.0324. The molecule has 0 aliphatic carbocycles. The minimum atomic E-state index is -0.422. The number of methoxy groups -OCH3 is 1. The van der Waals surface area contributed by atoms with E-state index in [-0.39, 0.29) is 11.0 Å². The first kappa shape index (κ1) is 22.9. The van der Waals surface area contributed by atoms with Crippen molar-refractivity contribution in [2.24, 2.45) is 10.9 Å². The van der Waals surface area contributed by atoms with Gasteiger partial charge in [0.2, 0.25) is 0 Å². The number of hydrogen-bond acceptors (Lipinski definition) is 5. The lowest BCUT2D eigenvalue weighted by atomic mass is 9.95. The van der Waals surface area contributed by atoms with Crippen LogP contribution in [-0.4, -0.2) is 30.8 Å². The number of aromatic nitrogens is 1. The van der Waals surface area contributed by atoms with E-state index in [9.17, 15) is 10.1 Å². The standard InChI is InChI=1S/C22H29N3O3S/c1-15(2)13-25-14-19(22(3,4)5)29-21(25)24-20(26)17-11-16(12-23)7-8-18(17)28-10-9-27-6/h7-8,11,14-15H,9-10,13H2,1-6H3/b24-21-. The minimum Gasteiger partial charge on any atom is -0.490 e. The molecule has 29 heavy (non-hydrogen) atoms. The van der Waals surface area contributed by atoms with Gasteiger partial charge in [-0.25, -0.2) is 0 Å². The molecule has 0 aliphatic rings. The fraction of sp³-hybridized carbons (Fsp3) is 0.500. The van der Waals surface area contributed by atoms with Crippen molar-refractivity contribution in [2.75, 3.05) is 20.3 Å². The van der Waals surface area contributed by atoms with Crippen molar-refractivity contribution in [3.8, 4) is 11.8 Å². The highest BCUT2D eigenvalue weighted by molar-refractivity contribution is 7.09. The van der Waals surface area contributed by atoms with Crippen LogP contribution in [0.4, 0.5) is 0 Å². The second kappa shape index (κ2) is 9.86. The smallest absolute Gasteiger partial charge is 0.283 e. The first-order chi connectivity index (χ1) is 13.7. The molecular formula is C22H29N3O3S. The van der Waals surface area contributed by atoms with Crippen molar-refractivity contribution in [1.82, 2.24) is 4.57 Å². The second-order valence-electron chi connectivity index (χ2n) is 8.26. The molecule has 1 amide bonds. The van der Waals surface area contributed by atoms with Crippen LogP contribution in [0.2, 0.25) is 0 Å². The van der Waals surface area contributed by atoms with Gasteiger partial charge in [-0.3, -0.25) is 4.79 Å². The maximum atomic E-state index is 13.0. The van der Waals surface area contributed by atoms with Crippen LogP contribution in [0.3, 0.4) is 0 Å². The third-order valence-electron chi connectivity index (χ3n) is 4.10. The largest absolute Gasteiger partial charge is 0.490 e. The normalized spacial score (nSPS) is 12.3. The molecule has 2 aromatic rings. The maximum Gasteiger partial charge on any atom is 0.283 e. The number of amides is 1. The molecule has 0 bridgehead atoms.